The largest absolute Gasteiger partial charge is 0.490 e. The highest BCUT2D eigenvalue weighted by Crippen LogP contribution is 2.33. The molecule has 2 rings (SSSR count). The Morgan fingerprint density at radius 1 is 1.60 bits per heavy atom. The van der Waals surface area contributed by atoms with Gasteiger partial charge < -0.3 is 15.8 Å². The van der Waals surface area contributed by atoms with Crippen molar-refractivity contribution in [1.82, 2.24) is 5.32 Å². The molecule has 1 aromatic rings. The van der Waals surface area contributed by atoms with Gasteiger partial charge in [0.25, 0.3) is 5.69 Å². The van der Waals surface area contributed by atoms with Crippen molar-refractivity contribution in [2.75, 3.05) is 7.05 Å². The minimum atomic E-state index is -0.745. The van der Waals surface area contributed by atoms with Crippen molar-refractivity contribution in [1.29, 1.82) is 0 Å². The number of nitrogens with one attached hydrogen (secondary N) is 1. The van der Waals surface area contributed by atoms with Crippen LogP contribution in [0.2, 0.25) is 0 Å². The second-order valence-corrected chi connectivity index (χ2v) is 4.93. The number of ether oxygens (including phenoxy) is 1. The molecular formula is C13H17N3O4. The van der Waals surface area contributed by atoms with Gasteiger partial charge in [-0.2, -0.15) is 0 Å². The lowest BCUT2D eigenvalue weighted by atomic mass is 9.97. The van der Waals surface area contributed by atoms with Crippen molar-refractivity contribution in [2.24, 2.45) is 5.73 Å². The third-order valence-electron chi connectivity index (χ3n) is 3.75. The summed E-state index contributed by atoms with van der Waals surface area (Å²) in [5.74, 6) is 0.0331. The van der Waals surface area contributed by atoms with E-state index in [9.17, 15) is 14.9 Å². The van der Waals surface area contributed by atoms with Crippen molar-refractivity contribution in [3.05, 3.63) is 34.4 Å². The lowest BCUT2D eigenvalue weighted by molar-refractivity contribution is -0.384. The van der Waals surface area contributed by atoms with Crippen molar-refractivity contribution < 1.29 is 14.5 Å². The number of benzene rings is 1. The molecule has 0 heterocycles. The number of amides is 1. The summed E-state index contributed by atoms with van der Waals surface area (Å²) in [6.07, 6.45) is 1.55. The Morgan fingerprint density at radius 3 is 2.90 bits per heavy atom. The molecule has 0 aromatic heterocycles. The zero-order chi connectivity index (χ0) is 14.8. The number of nitrogens with two attached hydrogens (primary N) is 1. The quantitative estimate of drug-likeness (QED) is 0.616. The lowest BCUT2D eigenvalue weighted by Crippen LogP contribution is -2.52. The van der Waals surface area contributed by atoms with Crippen LogP contribution in [0.5, 0.6) is 5.75 Å². The summed E-state index contributed by atoms with van der Waals surface area (Å²) in [5, 5.41) is 13.7. The molecule has 7 heteroatoms. The zero-order valence-corrected chi connectivity index (χ0v) is 11.2. The average Bonchev–Trinajstić information content (AvgIpc) is 2.83. The number of hydrogen-bond donors (Lipinski definition) is 2. The maximum absolute atomic E-state index is 11.5. The molecule has 1 fully saturated rings. The van der Waals surface area contributed by atoms with Crippen LogP contribution in [0.1, 0.15) is 19.3 Å². The van der Waals surface area contributed by atoms with Crippen LogP contribution in [0.15, 0.2) is 24.3 Å². The van der Waals surface area contributed by atoms with Gasteiger partial charge in [-0.25, -0.2) is 0 Å². The second-order valence-electron chi connectivity index (χ2n) is 4.93. The van der Waals surface area contributed by atoms with Crippen molar-refractivity contribution in [3.8, 4) is 5.75 Å². The van der Waals surface area contributed by atoms with Crippen molar-refractivity contribution in [2.45, 2.75) is 30.9 Å². The molecule has 20 heavy (non-hydrogen) atoms. The number of primary amides is 1. The van der Waals surface area contributed by atoms with Crippen LogP contribution in [0, 0.1) is 10.1 Å². The molecule has 0 saturated heterocycles. The van der Waals surface area contributed by atoms with Gasteiger partial charge in [-0.05, 0) is 26.0 Å². The van der Waals surface area contributed by atoms with E-state index in [1.165, 1.54) is 12.1 Å². The van der Waals surface area contributed by atoms with Crippen LogP contribution in [0.4, 0.5) is 5.69 Å². The van der Waals surface area contributed by atoms with Crippen LogP contribution in [-0.4, -0.2) is 29.5 Å². The van der Waals surface area contributed by atoms with E-state index in [2.05, 4.69) is 5.32 Å². The summed E-state index contributed by atoms with van der Waals surface area (Å²) >= 11 is 0. The maximum Gasteiger partial charge on any atom is 0.273 e. The number of nitro benzene ring substituents is 1. The minimum Gasteiger partial charge on any atom is -0.490 e. The number of hydrogen-bond acceptors (Lipinski definition) is 5. The molecular weight excluding hydrogens is 262 g/mol. The van der Waals surface area contributed by atoms with E-state index in [4.69, 9.17) is 10.5 Å². The number of carbonyl (C=O) groups excluding carboxylic acids is 1. The molecule has 0 radical (unpaired) electrons. The Morgan fingerprint density at radius 2 is 2.35 bits per heavy atom. The molecule has 2 unspecified atom stereocenters. The fraction of sp³-hybridized carbons (Fsp3) is 0.462. The lowest BCUT2D eigenvalue weighted by Gasteiger charge is -2.24. The van der Waals surface area contributed by atoms with Crippen LogP contribution >= 0.6 is 0 Å². The molecule has 1 aliphatic rings. The maximum atomic E-state index is 11.5. The SMILES string of the molecule is CNC1(C(N)=O)CCC(Oc2cccc([N+](=O)[O-])c2)C1. The minimum absolute atomic E-state index is 0.0183. The summed E-state index contributed by atoms with van der Waals surface area (Å²) in [4.78, 5) is 21.7. The van der Waals surface area contributed by atoms with Gasteiger partial charge in [0.05, 0.1) is 11.0 Å². The first kappa shape index (κ1) is 14.3. The fourth-order valence-electron chi connectivity index (χ4n) is 2.54. The molecule has 0 aliphatic heterocycles. The molecule has 108 valence electrons. The van der Waals surface area contributed by atoms with Gasteiger partial charge in [-0.3, -0.25) is 14.9 Å². The number of nitrogens with zero attached hydrogens (tertiary/aromatic N) is 1. The molecule has 0 spiro atoms. The molecule has 1 amide bonds. The van der Waals surface area contributed by atoms with Gasteiger partial charge >= 0.3 is 0 Å². The Labute approximate surface area is 116 Å². The summed E-state index contributed by atoms with van der Waals surface area (Å²) in [7, 11) is 1.69. The number of nitro groups is 1. The number of carbonyl (C=O) groups is 1. The highest BCUT2D eigenvalue weighted by Gasteiger charge is 2.43. The average molecular weight is 279 g/mol. The van der Waals surface area contributed by atoms with Crippen LogP contribution < -0.4 is 15.8 Å². The first-order valence-corrected chi connectivity index (χ1v) is 6.37. The molecule has 3 N–H and O–H groups in total. The molecule has 0 bridgehead atoms. The van der Waals surface area contributed by atoms with Crippen molar-refractivity contribution in [3.63, 3.8) is 0 Å². The van der Waals surface area contributed by atoms with Gasteiger partial charge in [0.1, 0.15) is 17.4 Å². The van der Waals surface area contributed by atoms with Crippen molar-refractivity contribution >= 4 is 11.6 Å². The third-order valence-corrected chi connectivity index (χ3v) is 3.75. The van der Waals surface area contributed by atoms with Crippen LogP contribution in [0.25, 0.3) is 0 Å². The molecule has 7 nitrogen and oxygen atoms in total. The summed E-state index contributed by atoms with van der Waals surface area (Å²) < 4.78 is 5.72. The van der Waals surface area contributed by atoms with E-state index < -0.39 is 16.4 Å². The highest BCUT2D eigenvalue weighted by atomic mass is 16.6. The standard InChI is InChI=1S/C13H17N3O4/c1-15-13(12(14)17)6-5-11(8-13)20-10-4-2-3-9(7-10)16(18)19/h2-4,7,11,15H,5-6,8H2,1H3,(H2,14,17). The second kappa shape index (κ2) is 5.46. The first-order chi connectivity index (χ1) is 9.47. The third kappa shape index (κ3) is 2.72. The molecule has 1 saturated carbocycles. The van der Waals surface area contributed by atoms with Gasteiger partial charge in [0, 0.05) is 12.5 Å². The van der Waals surface area contributed by atoms with Gasteiger partial charge in [-0.1, -0.05) is 6.07 Å². The Balaban J connectivity index is 2.07. The van der Waals surface area contributed by atoms with Crippen LogP contribution in [0.3, 0.4) is 0 Å². The van der Waals surface area contributed by atoms with E-state index in [0.717, 1.165) is 0 Å². The fourth-order valence-corrected chi connectivity index (χ4v) is 2.54. The van der Waals surface area contributed by atoms with E-state index in [-0.39, 0.29) is 11.8 Å². The predicted octanol–water partition coefficient (Wildman–Crippen LogP) is 0.970. The Hall–Kier alpha value is -2.15. The highest BCUT2D eigenvalue weighted by molar-refractivity contribution is 5.85. The summed E-state index contributed by atoms with van der Waals surface area (Å²) in [6.45, 7) is 0. The number of rotatable bonds is 5. The van der Waals surface area contributed by atoms with Gasteiger partial charge in [0.2, 0.25) is 5.91 Å². The van der Waals surface area contributed by atoms with E-state index >= 15 is 0 Å². The summed E-state index contributed by atoms with van der Waals surface area (Å²) in [5.41, 5.74) is 4.65. The Bertz CT molecular complexity index is 534. The van der Waals surface area contributed by atoms with Crippen LogP contribution in [-0.2, 0) is 4.79 Å². The van der Waals surface area contributed by atoms with E-state index in [1.54, 1.807) is 19.2 Å². The molecule has 1 aliphatic carbocycles. The molecule has 1 aromatic carbocycles. The zero-order valence-electron chi connectivity index (χ0n) is 11.2. The number of non-ortho nitro benzene ring substituents is 1. The van der Waals surface area contributed by atoms with E-state index in [0.29, 0.717) is 25.0 Å². The topological polar surface area (TPSA) is 107 Å². The van der Waals surface area contributed by atoms with E-state index in [1.807, 2.05) is 0 Å². The summed E-state index contributed by atoms with van der Waals surface area (Å²) in [6, 6.07) is 6.02. The number of likely N-dealkylation sites (N-methyl/N-ethyl adjacent to an activating group) is 1. The normalized spacial score (nSPS) is 25.4. The van der Waals surface area contributed by atoms with Gasteiger partial charge in [0.15, 0.2) is 0 Å². The molecule has 2 atom stereocenters. The smallest absolute Gasteiger partial charge is 0.273 e. The monoisotopic (exact) mass is 279 g/mol. The Kier molecular flexibility index (Phi) is 3.89. The predicted molar refractivity (Wildman–Crippen MR) is 72.3 cm³/mol. The first-order valence-electron chi connectivity index (χ1n) is 6.37. The van der Waals surface area contributed by atoms with Gasteiger partial charge in [-0.15, -0.1) is 0 Å².